The van der Waals surface area contributed by atoms with Gasteiger partial charge < -0.3 is 29.8 Å². The molecule has 8 rings (SSSR count). The van der Waals surface area contributed by atoms with Crippen LogP contribution in [-0.2, 0) is 14.3 Å². The third kappa shape index (κ3) is 7.18. The lowest BCUT2D eigenvalue weighted by molar-refractivity contribution is -0.138. The highest BCUT2D eigenvalue weighted by atomic mass is 16.5. The van der Waals surface area contributed by atoms with E-state index >= 15 is 0 Å². The summed E-state index contributed by atoms with van der Waals surface area (Å²) in [4.78, 5) is 60.7. The number of benzene rings is 2. The first-order valence-corrected chi connectivity index (χ1v) is 20.4. The summed E-state index contributed by atoms with van der Waals surface area (Å²) in [7, 11) is 1.32. The second-order valence-corrected chi connectivity index (χ2v) is 17.0. The minimum absolute atomic E-state index is 0.0190. The summed E-state index contributed by atoms with van der Waals surface area (Å²) in [6.45, 7) is 8.12. The van der Waals surface area contributed by atoms with Crippen LogP contribution in [-0.4, -0.2) is 72.9 Å². The van der Waals surface area contributed by atoms with Gasteiger partial charge in [0.25, 0.3) is 0 Å². The van der Waals surface area contributed by atoms with Crippen LogP contribution >= 0.6 is 0 Å². The van der Waals surface area contributed by atoms with Crippen LogP contribution in [0.2, 0.25) is 0 Å². The number of ether oxygens (including phenoxy) is 1. The molecular weight excluding hydrogens is 691 g/mol. The number of likely N-dealkylation sites (tertiary alicyclic amines) is 2. The highest BCUT2D eigenvalue weighted by Crippen LogP contribution is 2.49. The van der Waals surface area contributed by atoms with E-state index in [1.165, 1.54) is 20.0 Å². The van der Waals surface area contributed by atoms with E-state index < -0.39 is 12.1 Å². The molecule has 3 N–H and O–H groups in total. The number of aromatic nitrogens is 4. The SMILES string of the molecule is COC(=O)N[C@H](C(=O)N1[C@@H]2CCC[C@@H]2C[C@H]1c1nc(-c2ccc(-c3ccc(-c4c[nH]c([C@@H]5C[C@H]6CCC[C@H]6N5C(=O)CC(C)C)n4)cc3)cc2)c[nH]1)C(C)C. The maximum absolute atomic E-state index is 14.1. The minimum atomic E-state index is -0.670. The van der Waals surface area contributed by atoms with E-state index in [4.69, 9.17) is 14.7 Å². The summed E-state index contributed by atoms with van der Waals surface area (Å²) in [5.74, 6) is 3.11. The van der Waals surface area contributed by atoms with Gasteiger partial charge in [0.05, 0.1) is 30.6 Å². The second kappa shape index (κ2) is 15.3. The molecule has 0 unspecified atom stereocenters. The predicted octanol–water partition coefficient (Wildman–Crippen LogP) is 8.44. The summed E-state index contributed by atoms with van der Waals surface area (Å²) in [5, 5.41) is 2.78. The molecule has 4 aromatic rings. The third-order valence-electron chi connectivity index (χ3n) is 12.7. The quantitative estimate of drug-likeness (QED) is 0.149. The predicted molar refractivity (Wildman–Crippen MR) is 211 cm³/mol. The van der Waals surface area contributed by atoms with Gasteiger partial charge in [-0.1, -0.05) is 89.1 Å². The molecule has 4 heterocycles. The van der Waals surface area contributed by atoms with Gasteiger partial charge in [0.1, 0.15) is 17.7 Å². The van der Waals surface area contributed by atoms with Crippen LogP contribution in [0.1, 0.15) is 109 Å². The molecule has 3 amide bonds. The van der Waals surface area contributed by atoms with E-state index in [9.17, 15) is 14.4 Å². The lowest BCUT2D eigenvalue weighted by Crippen LogP contribution is -2.53. The standard InChI is InChI=1S/C44H55N7O4/c1-25(2)20-39(52)50-35-10-6-8-31(35)21-37(50)41-45-23-33(47-41)29-16-12-27(13-17-29)28-14-18-30(19-15-28)34-24-46-42(48-34)38-22-32-9-7-11-36(32)51(38)43(53)40(26(3)4)49-44(54)55-5/h12-19,23-26,31-32,35-38,40H,6-11,20-22H2,1-5H3,(H,45,47)(H,46,48)(H,49,54)/t31-,32-,35-,36-,37+,38+,40+/m1/s1. The minimum Gasteiger partial charge on any atom is -0.453 e. The molecule has 11 heteroatoms. The fourth-order valence-electron chi connectivity index (χ4n) is 10.0. The van der Waals surface area contributed by atoms with Crippen molar-refractivity contribution in [1.82, 2.24) is 35.1 Å². The van der Waals surface area contributed by atoms with E-state index in [0.29, 0.717) is 30.2 Å². The number of methoxy groups -OCH3 is 1. The summed E-state index contributed by atoms with van der Waals surface area (Å²) in [6.07, 6.45) is 12.4. The number of fused-ring (bicyclic) bond motifs is 2. The Labute approximate surface area is 324 Å². The molecule has 2 saturated carbocycles. The van der Waals surface area contributed by atoms with E-state index in [1.54, 1.807) is 0 Å². The van der Waals surface area contributed by atoms with Crippen LogP contribution in [0.15, 0.2) is 60.9 Å². The average molecular weight is 746 g/mol. The Kier molecular flexibility index (Phi) is 10.3. The second-order valence-electron chi connectivity index (χ2n) is 17.0. The Morgan fingerprint density at radius 3 is 1.67 bits per heavy atom. The van der Waals surface area contributed by atoms with Crippen molar-refractivity contribution >= 4 is 17.9 Å². The van der Waals surface area contributed by atoms with E-state index in [-0.39, 0.29) is 35.9 Å². The monoisotopic (exact) mass is 745 g/mol. The van der Waals surface area contributed by atoms with Gasteiger partial charge in [0, 0.05) is 42.0 Å². The highest BCUT2D eigenvalue weighted by Gasteiger charge is 2.50. The van der Waals surface area contributed by atoms with Crippen molar-refractivity contribution in [3.8, 4) is 33.6 Å². The van der Waals surface area contributed by atoms with Gasteiger partial charge in [0.15, 0.2) is 0 Å². The molecular formula is C44H55N7O4. The number of hydrogen-bond donors (Lipinski definition) is 3. The topological polar surface area (TPSA) is 136 Å². The van der Waals surface area contributed by atoms with Crippen molar-refractivity contribution in [1.29, 1.82) is 0 Å². The molecule has 11 nitrogen and oxygen atoms in total. The molecule has 0 bridgehead atoms. The fourth-order valence-corrected chi connectivity index (χ4v) is 10.0. The number of aromatic amines is 2. The zero-order chi connectivity index (χ0) is 38.4. The average Bonchev–Trinajstić information content (AvgIpc) is 4.02. The Morgan fingerprint density at radius 1 is 0.727 bits per heavy atom. The molecule has 4 fully saturated rings. The van der Waals surface area contributed by atoms with Gasteiger partial charge in [0.2, 0.25) is 11.8 Å². The number of rotatable bonds is 10. The van der Waals surface area contributed by atoms with Crippen molar-refractivity contribution in [2.75, 3.05) is 7.11 Å². The Morgan fingerprint density at radius 2 is 1.20 bits per heavy atom. The lowest BCUT2D eigenvalue weighted by Gasteiger charge is -2.33. The summed E-state index contributed by atoms with van der Waals surface area (Å²) < 4.78 is 4.84. The molecule has 0 spiro atoms. The first-order valence-electron chi connectivity index (χ1n) is 20.4. The summed E-state index contributed by atoms with van der Waals surface area (Å²) >= 11 is 0. The lowest BCUT2D eigenvalue weighted by atomic mass is 10.0. The maximum Gasteiger partial charge on any atom is 0.407 e. The number of imidazole rings is 2. The van der Waals surface area contributed by atoms with Crippen molar-refractivity contribution in [3.05, 3.63) is 72.6 Å². The smallest absolute Gasteiger partial charge is 0.407 e. The van der Waals surface area contributed by atoms with Crippen LogP contribution in [0.25, 0.3) is 33.6 Å². The Balaban J connectivity index is 0.955. The molecule has 2 saturated heterocycles. The van der Waals surface area contributed by atoms with Crippen molar-refractivity contribution in [3.63, 3.8) is 0 Å². The number of nitrogens with zero attached hydrogens (tertiary/aromatic N) is 4. The van der Waals surface area contributed by atoms with Gasteiger partial charge in [-0.15, -0.1) is 0 Å². The van der Waals surface area contributed by atoms with Gasteiger partial charge >= 0.3 is 6.09 Å². The molecule has 0 radical (unpaired) electrons. The van der Waals surface area contributed by atoms with Crippen LogP contribution in [0.3, 0.4) is 0 Å². The number of nitrogens with one attached hydrogen (secondary N) is 3. The van der Waals surface area contributed by atoms with Crippen molar-refractivity contribution in [2.24, 2.45) is 23.7 Å². The molecule has 2 aliphatic heterocycles. The first kappa shape index (κ1) is 37.0. The number of hydrogen-bond acceptors (Lipinski definition) is 6. The molecule has 2 aromatic carbocycles. The molecule has 4 aliphatic rings. The van der Waals surface area contributed by atoms with E-state index in [0.717, 1.165) is 83.8 Å². The van der Waals surface area contributed by atoms with E-state index in [1.807, 2.05) is 31.1 Å². The largest absolute Gasteiger partial charge is 0.453 e. The zero-order valence-electron chi connectivity index (χ0n) is 32.8. The van der Waals surface area contributed by atoms with Gasteiger partial charge in [-0.2, -0.15) is 0 Å². The van der Waals surface area contributed by atoms with Gasteiger partial charge in [-0.05, 0) is 73.3 Å². The van der Waals surface area contributed by atoms with Gasteiger partial charge in [-0.25, -0.2) is 14.8 Å². The normalized spacial score (nSPS) is 25.1. The van der Waals surface area contributed by atoms with Crippen LogP contribution in [0, 0.1) is 23.7 Å². The molecule has 7 atom stereocenters. The van der Waals surface area contributed by atoms with Crippen LogP contribution in [0.4, 0.5) is 4.79 Å². The molecule has 2 aromatic heterocycles. The zero-order valence-corrected chi connectivity index (χ0v) is 32.8. The Hall–Kier alpha value is -4.93. The Bertz CT molecular complexity index is 2000. The number of carbonyl (C=O) groups excluding carboxylic acids is 3. The summed E-state index contributed by atoms with van der Waals surface area (Å²) in [6, 6.07) is 16.6. The maximum atomic E-state index is 14.1. The fraction of sp³-hybridized carbons (Fsp3) is 0.523. The first-order chi connectivity index (χ1) is 26.6. The van der Waals surface area contributed by atoms with Crippen molar-refractivity contribution in [2.45, 2.75) is 116 Å². The molecule has 55 heavy (non-hydrogen) atoms. The molecule has 2 aliphatic carbocycles. The highest BCUT2D eigenvalue weighted by molar-refractivity contribution is 5.87. The molecule has 290 valence electrons. The van der Waals surface area contributed by atoms with Crippen LogP contribution in [0.5, 0.6) is 0 Å². The van der Waals surface area contributed by atoms with Crippen LogP contribution < -0.4 is 5.32 Å². The number of carbonyl (C=O) groups is 3. The van der Waals surface area contributed by atoms with E-state index in [2.05, 4.69) is 82.6 Å². The van der Waals surface area contributed by atoms with Crippen molar-refractivity contribution < 1.29 is 19.1 Å². The number of alkyl carbamates (subject to hydrolysis) is 1. The third-order valence-corrected chi connectivity index (χ3v) is 12.7. The van der Waals surface area contributed by atoms with Gasteiger partial charge in [-0.3, -0.25) is 9.59 Å². The summed E-state index contributed by atoms with van der Waals surface area (Å²) in [5.41, 5.74) is 5.96. The number of H-pyrrole nitrogens is 2. The number of amides is 3.